The number of aromatic nitrogens is 2. The first-order valence-corrected chi connectivity index (χ1v) is 5.08. The monoisotopic (exact) mass is 237 g/mol. The van der Waals surface area contributed by atoms with Crippen molar-refractivity contribution in [1.82, 2.24) is 9.97 Å². The van der Waals surface area contributed by atoms with Crippen molar-refractivity contribution in [3.05, 3.63) is 53.1 Å². The molecule has 3 nitrogen and oxygen atoms in total. The quantitative estimate of drug-likeness (QED) is 0.892. The van der Waals surface area contributed by atoms with Gasteiger partial charge in [-0.05, 0) is 6.07 Å². The first-order valence-electron chi connectivity index (χ1n) is 4.70. The summed E-state index contributed by atoms with van der Waals surface area (Å²) >= 11 is 5.64. The van der Waals surface area contributed by atoms with E-state index in [1.54, 1.807) is 18.2 Å². The van der Waals surface area contributed by atoms with Crippen LogP contribution in [0.2, 0.25) is 5.02 Å². The van der Waals surface area contributed by atoms with Gasteiger partial charge in [0.2, 0.25) is 5.95 Å². The molecule has 1 aromatic carbocycles. The fraction of sp³-hybridized carbons (Fsp3) is 0.0909. The first-order chi connectivity index (χ1) is 7.75. The fourth-order valence-electron chi connectivity index (χ4n) is 1.22. The third kappa shape index (κ3) is 2.67. The summed E-state index contributed by atoms with van der Waals surface area (Å²) < 4.78 is 13.3. The first kappa shape index (κ1) is 10.8. The lowest BCUT2D eigenvalue weighted by Gasteiger charge is -2.05. The Kier molecular flexibility index (Phi) is 3.31. The second-order valence-electron chi connectivity index (χ2n) is 3.17. The number of hydrogen-bond acceptors (Lipinski definition) is 3. The van der Waals surface area contributed by atoms with Crippen LogP contribution in [0, 0.1) is 5.82 Å². The molecule has 0 unspecified atom stereocenters. The van der Waals surface area contributed by atoms with Crippen LogP contribution in [0.15, 0.2) is 36.7 Å². The Labute approximate surface area is 97.3 Å². The maximum Gasteiger partial charge on any atom is 0.222 e. The summed E-state index contributed by atoms with van der Waals surface area (Å²) in [6.07, 6.45) is 2.97. The van der Waals surface area contributed by atoms with Gasteiger partial charge in [-0.15, -0.1) is 0 Å². The summed E-state index contributed by atoms with van der Waals surface area (Å²) in [5, 5.41) is 3.38. The lowest BCUT2D eigenvalue weighted by molar-refractivity contribution is 0.612. The van der Waals surface area contributed by atoms with Crippen LogP contribution in [-0.2, 0) is 6.54 Å². The maximum absolute atomic E-state index is 13.3. The third-order valence-electron chi connectivity index (χ3n) is 2.02. The van der Waals surface area contributed by atoms with Crippen molar-refractivity contribution in [1.29, 1.82) is 0 Å². The Bertz CT molecular complexity index is 473. The molecule has 1 heterocycles. The van der Waals surface area contributed by atoms with E-state index in [2.05, 4.69) is 15.3 Å². The van der Waals surface area contributed by atoms with E-state index < -0.39 is 0 Å². The Hall–Kier alpha value is -1.68. The zero-order chi connectivity index (χ0) is 11.4. The molecule has 5 heteroatoms. The van der Waals surface area contributed by atoms with Crippen LogP contribution in [0.1, 0.15) is 5.56 Å². The molecule has 0 aliphatic heterocycles. The van der Waals surface area contributed by atoms with E-state index in [0.717, 1.165) is 0 Å². The van der Waals surface area contributed by atoms with Gasteiger partial charge >= 0.3 is 0 Å². The fourth-order valence-corrected chi connectivity index (χ4v) is 1.32. The van der Waals surface area contributed by atoms with E-state index in [1.165, 1.54) is 18.5 Å². The van der Waals surface area contributed by atoms with Crippen LogP contribution in [0.4, 0.5) is 10.3 Å². The lowest BCUT2D eigenvalue weighted by Crippen LogP contribution is -2.04. The Morgan fingerprint density at radius 1 is 1.19 bits per heavy atom. The average molecular weight is 238 g/mol. The maximum atomic E-state index is 13.3. The summed E-state index contributed by atoms with van der Waals surface area (Å²) in [4.78, 5) is 7.89. The molecule has 1 N–H and O–H groups in total. The van der Waals surface area contributed by atoms with Gasteiger partial charge in [-0.25, -0.2) is 14.4 Å². The summed E-state index contributed by atoms with van der Waals surface area (Å²) in [5.74, 6) is 0.177. The van der Waals surface area contributed by atoms with Gasteiger partial charge in [0, 0.05) is 12.1 Å². The normalized spacial score (nSPS) is 10.1. The van der Waals surface area contributed by atoms with Crippen molar-refractivity contribution < 1.29 is 4.39 Å². The van der Waals surface area contributed by atoms with Crippen LogP contribution in [0.25, 0.3) is 0 Å². The van der Waals surface area contributed by atoms with E-state index in [1.807, 2.05) is 0 Å². The molecule has 0 bridgehead atoms. The molecule has 0 fully saturated rings. The topological polar surface area (TPSA) is 37.8 Å². The molecule has 82 valence electrons. The molecule has 1 aromatic heterocycles. The molecule has 0 aliphatic carbocycles. The zero-order valence-electron chi connectivity index (χ0n) is 8.32. The second-order valence-corrected chi connectivity index (χ2v) is 3.61. The highest BCUT2D eigenvalue weighted by atomic mass is 35.5. The standard InChI is InChI=1S/C11H9ClFN3/c12-9-6-15-11(16-7-9)14-5-8-3-1-2-4-10(8)13/h1-4,6-7H,5H2,(H,14,15,16). The largest absolute Gasteiger partial charge is 0.350 e. The number of nitrogens with one attached hydrogen (secondary N) is 1. The van der Waals surface area contributed by atoms with Crippen molar-refractivity contribution in [2.45, 2.75) is 6.54 Å². The molecular weight excluding hydrogens is 229 g/mol. The summed E-state index contributed by atoms with van der Waals surface area (Å²) in [6.45, 7) is 0.342. The van der Waals surface area contributed by atoms with Gasteiger partial charge in [-0.1, -0.05) is 29.8 Å². The number of anilines is 1. The van der Waals surface area contributed by atoms with Crippen molar-refractivity contribution in [2.75, 3.05) is 5.32 Å². The van der Waals surface area contributed by atoms with Gasteiger partial charge in [0.25, 0.3) is 0 Å². The van der Waals surface area contributed by atoms with Crippen LogP contribution in [0.3, 0.4) is 0 Å². The highest BCUT2D eigenvalue weighted by Crippen LogP contribution is 2.09. The second kappa shape index (κ2) is 4.90. The number of halogens is 2. The number of nitrogens with zero attached hydrogens (tertiary/aromatic N) is 2. The predicted octanol–water partition coefficient (Wildman–Crippen LogP) is 2.88. The number of benzene rings is 1. The highest BCUT2D eigenvalue weighted by Gasteiger charge is 2.01. The molecule has 2 aromatic rings. The van der Waals surface area contributed by atoms with Crippen LogP contribution in [-0.4, -0.2) is 9.97 Å². The molecule has 0 amide bonds. The minimum Gasteiger partial charge on any atom is -0.350 e. The average Bonchev–Trinajstić information content (AvgIpc) is 2.30. The molecular formula is C11H9ClFN3. The summed E-state index contributed by atoms with van der Waals surface area (Å²) in [6, 6.07) is 6.55. The van der Waals surface area contributed by atoms with Gasteiger partial charge in [0.15, 0.2) is 0 Å². The molecule has 0 spiro atoms. The van der Waals surface area contributed by atoms with E-state index >= 15 is 0 Å². The summed E-state index contributed by atoms with van der Waals surface area (Å²) in [7, 11) is 0. The minimum absolute atomic E-state index is 0.246. The van der Waals surface area contributed by atoms with Crippen LogP contribution < -0.4 is 5.32 Å². The molecule has 2 rings (SSSR count). The molecule has 0 atom stereocenters. The Morgan fingerprint density at radius 2 is 1.88 bits per heavy atom. The van der Waals surface area contributed by atoms with Crippen molar-refractivity contribution in [3.63, 3.8) is 0 Å². The van der Waals surface area contributed by atoms with Gasteiger partial charge in [0.1, 0.15) is 5.82 Å². The predicted molar refractivity (Wildman–Crippen MR) is 60.8 cm³/mol. The van der Waals surface area contributed by atoms with Crippen molar-refractivity contribution in [2.24, 2.45) is 0 Å². The lowest BCUT2D eigenvalue weighted by atomic mass is 10.2. The van der Waals surface area contributed by atoms with Gasteiger partial charge < -0.3 is 5.32 Å². The van der Waals surface area contributed by atoms with Crippen molar-refractivity contribution >= 4 is 17.5 Å². The Balaban J connectivity index is 2.02. The zero-order valence-corrected chi connectivity index (χ0v) is 9.08. The molecule has 0 radical (unpaired) electrons. The molecule has 0 saturated heterocycles. The highest BCUT2D eigenvalue weighted by molar-refractivity contribution is 6.30. The van der Waals surface area contributed by atoms with Crippen LogP contribution in [0.5, 0.6) is 0 Å². The van der Waals surface area contributed by atoms with Gasteiger partial charge in [-0.2, -0.15) is 0 Å². The smallest absolute Gasteiger partial charge is 0.222 e. The number of hydrogen-bond donors (Lipinski definition) is 1. The third-order valence-corrected chi connectivity index (χ3v) is 2.21. The van der Waals surface area contributed by atoms with E-state index in [9.17, 15) is 4.39 Å². The van der Waals surface area contributed by atoms with Gasteiger partial charge in [-0.3, -0.25) is 0 Å². The van der Waals surface area contributed by atoms with Crippen LogP contribution >= 0.6 is 11.6 Å². The van der Waals surface area contributed by atoms with E-state index in [-0.39, 0.29) is 5.82 Å². The van der Waals surface area contributed by atoms with Crippen molar-refractivity contribution in [3.8, 4) is 0 Å². The summed E-state index contributed by atoms with van der Waals surface area (Å²) in [5.41, 5.74) is 0.570. The molecule has 0 aliphatic rings. The Morgan fingerprint density at radius 3 is 2.56 bits per heavy atom. The van der Waals surface area contributed by atoms with Gasteiger partial charge in [0.05, 0.1) is 17.4 Å². The minimum atomic E-state index is -0.246. The SMILES string of the molecule is Fc1ccccc1CNc1ncc(Cl)cn1. The van der Waals surface area contributed by atoms with E-state index in [0.29, 0.717) is 23.1 Å². The molecule has 16 heavy (non-hydrogen) atoms. The van der Waals surface area contributed by atoms with E-state index in [4.69, 9.17) is 11.6 Å². The molecule has 0 saturated carbocycles. The number of rotatable bonds is 3.